The van der Waals surface area contributed by atoms with Gasteiger partial charge in [-0.05, 0) is 98.2 Å². The number of ether oxygens (including phenoxy) is 1. The third-order valence-electron chi connectivity index (χ3n) is 9.90. The topological polar surface area (TPSA) is 78.2 Å². The smallest absolute Gasteiger partial charge is 0.127 e. The molecule has 1 fully saturated rings. The van der Waals surface area contributed by atoms with E-state index < -0.39 is 0 Å². The van der Waals surface area contributed by atoms with Crippen molar-refractivity contribution < 1.29 is 9.84 Å². The molecule has 0 saturated heterocycles. The van der Waals surface area contributed by atoms with E-state index in [2.05, 4.69) is 104 Å². The first-order valence-corrected chi connectivity index (χ1v) is 15.3. The van der Waals surface area contributed by atoms with Gasteiger partial charge < -0.3 is 9.84 Å². The van der Waals surface area contributed by atoms with Gasteiger partial charge in [0.15, 0.2) is 0 Å². The van der Waals surface area contributed by atoms with Crippen molar-refractivity contribution in [2.75, 3.05) is 13.7 Å². The largest absolute Gasteiger partial charge is 0.507 e. The lowest BCUT2D eigenvalue weighted by Gasteiger charge is -2.52. The van der Waals surface area contributed by atoms with Crippen molar-refractivity contribution in [2.45, 2.75) is 45.4 Å². The monoisotopic (exact) mass is 579 g/mol. The van der Waals surface area contributed by atoms with Gasteiger partial charge in [-0.15, -0.1) is 0 Å². The molecular formula is C39H37N3O2. The van der Waals surface area contributed by atoms with Crippen LogP contribution in [-0.2, 0) is 5.41 Å². The van der Waals surface area contributed by atoms with Gasteiger partial charge in [-0.25, -0.2) is 0 Å². The zero-order valence-corrected chi connectivity index (χ0v) is 25.8. The lowest BCUT2D eigenvalue weighted by atomic mass is 9.52. The molecule has 0 aromatic heterocycles. The fraction of sp³-hybridized carbons (Fsp3) is 0.282. The molecule has 2 aliphatic rings. The van der Waals surface area contributed by atoms with E-state index >= 15 is 0 Å². The van der Waals surface area contributed by atoms with Crippen molar-refractivity contribution in [3.8, 4) is 44.9 Å². The highest BCUT2D eigenvalue weighted by atomic mass is 16.5. The second kappa shape index (κ2) is 10.2. The highest BCUT2D eigenvalue weighted by molar-refractivity contribution is 6.07. The second-order valence-corrected chi connectivity index (χ2v) is 13.9. The lowest BCUT2D eigenvalue weighted by molar-refractivity contribution is 0.0572. The predicted octanol–water partition coefficient (Wildman–Crippen LogP) is 10.7. The molecule has 0 bridgehead atoms. The Kier molecular flexibility index (Phi) is 6.49. The van der Waals surface area contributed by atoms with Crippen molar-refractivity contribution in [1.29, 1.82) is 0 Å². The summed E-state index contributed by atoms with van der Waals surface area (Å²) in [5, 5.41) is 17.6. The molecule has 5 heteroatoms. The molecule has 5 aromatic rings. The van der Waals surface area contributed by atoms with Crippen molar-refractivity contribution >= 4 is 10.8 Å². The Morgan fingerprint density at radius 3 is 2.16 bits per heavy atom. The average molecular weight is 580 g/mol. The summed E-state index contributed by atoms with van der Waals surface area (Å²) in [5.41, 5.74) is 17.8. The van der Waals surface area contributed by atoms with Gasteiger partial charge in [-0.3, -0.25) is 0 Å². The maximum Gasteiger partial charge on any atom is 0.127 e. The summed E-state index contributed by atoms with van der Waals surface area (Å²) in [5.74, 6) is 1.05. The molecule has 0 heterocycles. The molecule has 2 unspecified atom stereocenters. The molecule has 0 aliphatic heterocycles. The van der Waals surface area contributed by atoms with Crippen LogP contribution >= 0.6 is 0 Å². The molecule has 220 valence electrons. The summed E-state index contributed by atoms with van der Waals surface area (Å²) < 4.78 is 6.03. The average Bonchev–Trinajstić information content (AvgIpc) is 3.27. The van der Waals surface area contributed by atoms with Crippen molar-refractivity contribution in [1.82, 2.24) is 0 Å². The lowest BCUT2D eigenvalue weighted by Crippen LogP contribution is -2.46. The zero-order chi connectivity index (χ0) is 30.7. The number of fused-ring (bicyclic) bond motifs is 7. The summed E-state index contributed by atoms with van der Waals surface area (Å²) in [4.78, 5) is 3.12. The Hall–Kier alpha value is -4.73. The fourth-order valence-corrected chi connectivity index (χ4v) is 8.81. The molecule has 5 nitrogen and oxygen atoms in total. The van der Waals surface area contributed by atoms with Crippen LogP contribution in [-0.4, -0.2) is 18.8 Å². The number of azide groups is 1. The standard InChI is InChI=1S/C39H37N3O2/c1-37(2)21-38(3,24-41-42-40)23-39(22-37)32-13-9-8-12-28(32)36-31-19-35(44-4)29(18-30(31)34(43)20-33(36)39)27-16-14-26(15-17-27)25-10-6-5-7-11-25/h5-20,43H,21-24H2,1-4H3. The van der Waals surface area contributed by atoms with Gasteiger partial charge in [-0.1, -0.05) is 105 Å². The Bertz CT molecular complexity index is 1960. The van der Waals surface area contributed by atoms with E-state index in [1.54, 1.807) is 7.11 Å². The van der Waals surface area contributed by atoms with Gasteiger partial charge in [0.25, 0.3) is 0 Å². The molecule has 2 aliphatic carbocycles. The molecule has 7 rings (SSSR count). The number of hydrogen-bond donors (Lipinski definition) is 1. The highest BCUT2D eigenvalue weighted by Gasteiger charge is 2.54. The third-order valence-corrected chi connectivity index (χ3v) is 9.90. The van der Waals surface area contributed by atoms with Gasteiger partial charge in [0.05, 0.1) is 7.11 Å². The summed E-state index contributed by atoms with van der Waals surface area (Å²) in [7, 11) is 1.71. The normalized spacial score (nSPS) is 21.5. The number of hydrogen-bond acceptors (Lipinski definition) is 3. The first-order chi connectivity index (χ1) is 21.2. The first kappa shape index (κ1) is 28.1. The Labute approximate surface area is 258 Å². The fourth-order valence-electron chi connectivity index (χ4n) is 8.81. The minimum Gasteiger partial charge on any atom is -0.507 e. The molecule has 1 spiro atoms. The van der Waals surface area contributed by atoms with Crippen LogP contribution in [0.3, 0.4) is 0 Å². The van der Waals surface area contributed by atoms with Crippen molar-refractivity contribution in [3.05, 3.63) is 119 Å². The van der Waals surface area contributed by atoms with Crippen LogP contribution in [0.1, 0.15) is 51.2 Å². The number of aromatic hydroxyl groups is 1. The van der Waals surface area contributed by atoms with Gasteiger partial charge in [0.2, 0.25) is 0 Å². The SMILES string of the molecule is COc1cc2c3c(cc(O)c2cc1-c1ccc(-c2ccccc2)cc1)C1(CC(C)(C)CC(C)(CN=[N+]=[N-])C1)c1ccccc1-3. The van der Waals surface area contributed by atoms with E-state index in [1.165, 1.54) is 22.3 Å². The number of phenolic OH excluding ortho intramolecular Hbond substituents is 1. The molecular weight excluding hydrogens is 542 g/mol. The number of benzene rings is 5. The maximum atomic E-state index is 11.8. The van der Waals surface area contributed by atoms with Crippen LogP contribution in [0.2, 0.25) is 0 Å². The van der Waals surface area contributed by atoms with Crippen molar-refractivity contribution in [2.24, 2.45) is 15.9 Å². The third kappa shape index (κ3) is 4.42. The first-order valence-electron chi connectivity index (χ1n) is 15.3. The van der Waals surface area contributed by atoms with Gasteiger partial charge in [0.1, 0.15) is 11.5 Å². The van der Waals surface area contributed by atoms with E-state index in [-0.39, 0.29) is 22.0 Å². The molecule has 5 aromatic carbocycles. The molecule has 1 saturated carbocycles. The zero-order valence-electron chi connectivity index (χ0n) is 25.8. The van der Waals surface area contributed by atoms with Crippen LogP contribution in [0.25, 0.3) is 54.6 Å². The number of phenols is 1. The number of rotatable bonds is 5. The summed E-state index contributed by atoms with van der Waals surface area (Å²) in [6.45, 7) is 7.35. The maximum absolute atomic E-state index is 11.8. The molecule has 2 atom stereocenters. The van der Waals surface area contributed by atoms with E-state index in [9.17, 15) is 10.6 Å². The Morgan fingerprint density at radius 1 is 0.750 bits per heavy atom. The summed E-state index contributed by atoms with van der Waals surface area (Å²) >= 11 is 0. The van der Waals surface area contributed by atoms with Crippen LogP contribution in [0.5, 0.6) is 11.5 Å². The van der Waals surface area contributed by atoms with Crippen LogP contribution in [0.4, 0.5) is 0 Å². The van der Waals surface area contributed by atoms with Gasteiger partial charge in [-0.2, -0.15) is 0 Å². The minimum absolute atomic E-state index is 0.00470. The van der Waals surface area contributed by atoms with Crippen LogP contribution in [0.15, 0.2) is 102 Å². The van der Waals surface area contributed by atoms with Crippen molar-refractivity contribution in [3.63, 3.8) is 0 Å². The molecule has 0 amide bonds. The van der Waals surface area contributed by atoms with Crippen LogP contribution < -0.4 is 4.74 Å². The van der Waals surface area contributed by atoms with E-state index in [4.69, 9.17) is 4.74 Å². The number of nitrogens with zero attached hydrogens (tertiary/aromatic N) is 3. The Morgan fingerprint density at radius 2 is 1.43 bits per heavy atom. The summed E-state index contributed by atoms with van der Waals surface area (Å²) in [6.07, 6.45) is 2.77. The quantitative estimate of drug-likeness (QED) is 0.128. The van der Waals surface area contributed by atoms with Gasteiger partial charge in [0, 0.05) is 27.8 Å². The molecule has 44 heavy (non-hydrogen) atoms. The predicted molar refractivity (Wildman–Crippen MR) is 179 cm³/mol. The second-order valence-electron chi connectivity index (χ2n) is 13.9. The molecule has 0 radical (unpaired) electrons. The van der Waals surface area contributed by atoms with Gasteiger partial charge >= 0.3 is 0 Å². The van der Waals surface area contributed by atoms with E-state index in [0.717, 1.165) is 58.0 Å². The number of methoxy groups -OCH3 is 1. The van der Waals surface area contributed by atoms with E-state index in [0.29, 0.717) is 6.54 Å². The summed E-state index contributed by atoms with van der Waals surface area (Å²) in [6, 6.07) is 33.8. The Balaban J connectivity index is 1.43. The highest BCUT2D eigenvalue weighted by Crippen LogP contribution is 2.65. The minimum atomic E-state index is -0.307. The van der Waals surface area contributed by atoms with Crippen LogP contribution in [0, 0.1) is 10.8 Å². The molecule has 1 N–H and O–H groups in total. The van der Waals surface area contributed by atoms with E-state index in [1.807, 2.05) is 24.3 Å².